The Bertz CT molecular complexity index is 740. The molecule has 5 heteroatoms. The van der Waals surface area contributed by atoms with Crippen molar-refractivity contribution < 1.29 is 0 Å². The molecule has 1 atom stereocenters. The molecule has 0 amide bonds. The van der Waals surface area contributed by atoms with Crippen LogP contribution in [0, 0.1) is 0 Å². The lowest BCUT2D eigenvalue weighted by Crippen LogP contribution is -2.21. The lowest BCUT2D eigenvalue weighted by molar-refractivity contribution is 0.640. The van der Waals surface area contributed by atoms with E-state index in [1.165, 1.54) is 10.9 Å². The molecule has 0 bridgehead atoms. The molecule has 2 N–H and O–H groups in total. The second-order valence-corrected chi connectivity index (χ2v) is 5.51. The van der Waals surface area contributed by atoms with Crippen LogP contribution < -0.4 is 5.73 Å². The lowest BCUT2D eigenvalue weighted by atomic mass is 10.1. The Hall–Kier alpha value is -2.14. The molecule has 0 spiro atoms. The van der Waals surface area contributed by atoms with Crippen LogP contribution in [0.3, 0.4) is 0 Å². The van der Waals surface area contributed by atoms with E-state index in [-0.39, 0.29) is 6.04 Å². The Kier molecular flexibility index (Phi) is 3.75. The highest BCUT2D eigenvalue weighted by Gasteiger charge is 2.10. The van der Waals surface area contributed by atoms with Crippen LogP contribution in [0.4, 0.5) is 0 Å². The Morgan fingerprint density at radius 1 is 1.29 bits per heavy atom. The Balaban J connectivity index is 1.82. The van der Waals surface area contributed by atoms with Gasteiger partial charge >= 0.3 is 0 Å². The first-order valence-electron chi connectivity index (χ1n) is 7.35. The van der Waals surface area contributed by atoms with Gasteiger partial charge in [0.15, 0.2) is 0 Å². The van der Waals surface area contributed by atoms with E-state index in [1.807, 2.05) is 34.7 Å². The summed E-state index contributed by atoms with van der Waals surface area (Å²) >= 11 is 0. The predicted molar refractivity (Wildman–Crippen MR) is 84.0 cm³/mol. The van der Waals surface area contributed by atoms with Gasteiger partial charge in [0.25, 0.3) is 0 Å². The van der Waals surface area contributed by atoms with Gasteiger partial charge in [-0.2, -0.15) is 10.2 Å². The van der Waals surface area contributed by atoms with Crippen molar-refractivity contribution in [1.82, 2.24) is 19.6 Å². The Morgan fingerprint density at radius 2 is 2.10 bits per heavy atom. The molecule has 0 aliphatic rings. The molecule has 0 radical (unpaired) electrons. The molecule has 0 saturated carbocycles. The summed E-state index contributed by atoms with van der Waals surface area (Å²) in [5, 5.41) is 10.2. The second kappa shape index (κ2) is 5.69. The van der Waals surface area contributed by atoms with Gasteiger partial charge in [0.05, 0.1) is 24.0 Å². The van der Waals surface area contributed by atoms with Crippen molar-refractivity contribution in [2.24, 2.45) is 12.8 Å². The molecular formula is C16H21N5. The summed E-state index contributed by atoms with van der Waals surface area (Å²) in [5.41, 5.74) is 9.37. The van der Waals surface area contributed by atoms with E-state index in [1.54, 1.807) is 0 Å². The topological polar surface area (TPSA) is 61.7 Å². The minimum atomic E-state index is 0.207. The van der Waals surface area contributed by atoms with Crippen LogP contribution in [-0.2, 0) is 20.0 Å². The summed E-state index contributed by atoms with van der Waals surface area (Å²) in [6.45, 7) is 2.79. The third kappa shape index (κ3) is 2.83. The van der Waals surface area contributed by atoms with E-state index < -0.39 is 0 Å². The zero-order valence-corrected chi connectivity index (χ0v) is 12.5. The number of nitrogens with two attached hydrogens (primary N) is 1. The molecular weight excluding hydrogens is 262 g/mol. The SMILES string of the molecule is CCC(N)Cc1cnn(Cc2nn(C)c3ccccc23)c1. The number of aromatic nitrogens is 4. The third-order valence-electron chi connectivity index (χ3n) is 3.86. The summed E-state index contributed by atoms with van der Waals surface area (Å²) in [4.78, 5) is 0. The van der Waals surface area contributed by atoms with E-state index in [9.17, 15) is 0 Å². The van der Waals surface area contributed by atoms with E-state index in [0.717, 1.165) is 24.1 Å². The quantitative estimate of drug-likeness (QED) is 0.780. The molecule has 1 unspecified atom stereocenters. The van der Waals surface area contributed by atoms with Crippen LogP contribution in [0.2, 0.25) is 0 Å². The van der Waals surface area contributed by atoms with Gasteiger partial charge in [0.2, 0.25) is 0 Å². The predicted octanol–water partition coefficient (Wildman–Crippen LogP) is 2.10. The largest absolute Gasteiger partial charge is 0.327 e. The van der Waals surface area contributed by atoms with Crippen LogP contribution >= 0.6 is 0 Å². The molecule has 110 valence electrons. The fourth-order valence-corrected chi connectivity index (χ4v) is 2.60. The van der Waals surface area contributed by atoms with Crippen LogP contribution in [0.25, 0.3) is 10.9 Å². The van der Waals surface area contributed by atoms with Crippen molar-refractivity contribution in [3.8, 4) is 0 Å². The lowest BCUT2D eigenvalue weighted by Gasteiger charge is -2.05. The van der Waals surface area contributed by atoms with Gasteiger partial charge in [-0.25, -0.2) is 0 Å². The highest BCUT2D eigenvalue weighted by Crippen LogP contribution is 2.18. The van der Waals surface area contributed by atoms with E-state index >= 15 is 0 Å². The number of hydrogen-bond donors (Lipinski definition) is 1. The van der Waals surface area contributed by atoms with E-state index in [4.69, 9.17) is 5.73 Å². The highest BCUT2D eigenvalue weighted by atomic mass is 15.3. The summed E-state index contributed by atoms with van der Waals surface area (Å²) < 4.78 is 3.86. The normalized spacial score (nSPS) is 12.9. The number of nitrogens with zero attached hydrogens (tertiary/aromatic N) is 4. The zero-order valence-electron chi connectivity index (χ0n) is 12.5. The number of benzene rings is 1. The number of fused-ring (bicyclic) bond motifs is 1. The van der Waals surface area contributed by atoms with E-state index in [2.05, 4.69) is 35.5 Å². The van der Waals surface area contributed by atoms with Crippen molar-refractivity contribution in [2.75, 3.05) is 0 Å². The van der Waals surface area contributed by atoms with Crippen molar-refractivity contribution in [1.29, 1.82) is 0 Å². The highest BCUT2D eigenvalue weighted by molar-refractivity contribution is 5.81. The molecule has 0 aliphatic heterocycles. The first-order chi connectivity index (χ1) is 10.2. The fraction of sp³-hybridized carbons (Fsp3) is 0.375. The van der Waals surface area contributed by atoms with Crippen LogP contribution in [0.5, 0.6) is 0 Å². The summed E-state index contributed by atoms with van der Waals surface area (Å²) in [6, 6.07) is 8.47. The van der Waals surface area contributed by atoms with Gasteiger partial charge in [-0.15, -0.1) is 0 Å². The second-order valence-electron chi connectivity index (χ2n) is 5.51. The number of hydrogen-bond acceptors (Lipinski definition) is 3. The van der Waals surface area contributed by atoms with Gasteiger partial charge in [-0.3, -0.25) is 9.36 Å². The zero-order chi connectivity index (χ0) is 14.8. The molecule has 3 aromatic rings. The standard InChI is InChI=1S/C16H21N5/c1-3-13(17)8-12-9-18-21(10-12)11-15-14-6-4-5-7-16(14)20(2)19-15/h4-7,9-10,13H,3,8,11,17H2,1-2H3. The van der Waals surface area contributed by atoms with Gasteiger partial charge in [-0.1, -0.05) is 25.1 Å². The summed E-state index contributed by atoms with van der Waals surface area (Å²) in [5.74, 6) is 0. The molecule has 0 fully saturated rings. The molecule has 3 rings (SSSR count). The van der Waals surface area contributed by atoms with Gasteiger partial charge < -0.3 is 5.73 Å². The minimum absolute atomic E-state index is 0.207. The Morgan fingerprint density at radius 3 is 2.90 bits per heavy atom. The monoisotopic (exact) mass is 283 g/mol. The summed E-state index contributed by atoms with van der Waals surface area (Å²) in [6.07, 6.45) is 5.83. The van der Waals surface area contributed by atoms with Crippen molar-refractivity contribution >= 4 is 10.9 Å². The van der Waals surface area contributed by atoms with Crippen molar-refractivity contribution in [3.05, 3.63) is 47.9 Å². The van der Waals surface area contributed by atoms with Gasteiger partial charge in [0.1, 0.15) is 0 Å². The summed E-state index contributed by atoms with van der Waals surface area (Å²) in [7, 11) is 1.97. The van der Waals surface area contributed by atoms with E-state index in [0.29, 0.717) is 6.54 Å². The smallest absolute Gasteiger partial charge is 0.0918 e. The number of rotatable bonds is 5. The van der Waals surface area contributed by atoms with Gasteiger partial charge in [-0.05, 0) is 24.5 Å². The minimum Gasteiger partial charge on any atom is -0.327 e. The molecule has 2 heterocycles. The first-order valence-corrected chi connectivity index (χ1v) is 7.35. The first kappa shape index (κ1) is 13.8. The molecule has 0 aliphatic carbocycles. The van der Waals surface area contributed by atoms with Crippen LogP contribution in [0.1, 0.15) is 24.6 Å². The maximum Gasteiger partial charge on any atom is 0.0918 e. The average molecular weight is 283 g/mol. The number of para-hydroxylation sites is 1. The fourth-order valence-electron chi connectivity index (χ4n) is 2.60. The van der Waals surface area contributed by atoms with Crippen LogP contribution in [0.15, 0.2) is 36.7 Å². The molecule has 5 nitrogen and oxygen atoms in total. The number of aryl methyl sites for hydroxylation is 1. The van der Waals surface area contributed by atoms with Crippen molar-refractivity contribution in [2.45, 2.75) is 32.4 Å². The maximum atomic E-state index is 5.99. The van der Waals surface area contributed by atoms with Crippen molar-refractivity contribution in [3.63, 3.8) is 0 Å². The molecule has 2 aromatic heterocycles. The Labute approximate surface area is 124 Å². The molecule has 1 aromatic carbocycles. The van der Waals surface area contributed by atoms with Crippen LogP contribution in [-0.4, -0.2) is 25.6 Å². The van der Waals surface area contributed by atoms with Gasteiger partial charge in [0, 0.05) is 24.7 Å². The molecule has 0 saturated heterocycles. The maximum absolute atomic E-state index is 5.99. The third-order valence-corrected chi connectivity index (χ3v) is 3.86. The molecule has 21 heavy (non-hydrogen) atoms. The average Bonchev–Trinajstić information content (AvgIpc) is 3.05.